The highest BCUT2D eigenvalue weighted by molar-refractivity contribution is 9.10. The topological polar surface area (TPSA) is 44.7 Å². The van der Waals surface area contributed by atoms with Crippen molar-refractivity contribution in [3.8, 4) is 0 Å². The second-order valence-electron chi connectivity index (χ2n) is 7.93. The summed E-state index contributed by atoms with van der Waals surface area (Å²) in [6, 6.07) is 13.9. The Labute approximate surface area is 175 Å². The van der Waals surface area contributed by atoms with Crippen molar-refractivity contribution in [1.29, 1.82) is 0 Å². The first-order valence-electron chi connectivity index (χ1n) is 9.41. The van der Waals surface area contributed by atoms with Crippen molar-refractivity contribution in [2.75, 3.05) is 4.90 Å². The quantitative estimate of drug-likeness (QED) is 0.495. The molecule has 0 fully saturated rings. The number of carbonyl (C=O) groups is 1. The number of hydrazone groups is 1. The Morgan fingerprint density at radius 2 is 1.96 bits per heavy atom. The molecule has 0 unspecified atom stereocenters. The normalized spacial score (nSPS) is 15.5. The van der Waals surface area contributed by atoms with E-state index >= 15 is 0 Å². The lowest BCUT2D eigenvalue weighted by Gasteiger charge is -2.46. The summed E-state index contributed by atoms with van der Waals surface area (Å²) in [5, 5.41) is 4.13. The van der Waals surface area contributed by atoms with Gasteiger partial charge in [0.1, 0.15) is 0 Å². The monoisotopic (exact) mass is 439 g/mol. The summed E-state index contributed by atoms with van der Waals surface area (Å²) in [4.78, 5) is 14.6. The summed E-state index contributed by atoms with van der Waals surface area (Å²) in [5.74, 6) is -0.237. The van der Waals surface area contributed by atoms with Gasteiger partial charge in [0.25, 0.3) is 5.91 Å². The molecule has 3 rings (SSSR count). The molecule has 28 heavy (non-hydrogen) atoms. The number of nitrogens with one attached hydrogen (secondary N) is 1. The summed E-state index contributed by atoms with van der Waals surface area (Å²) in [6.45, 7) is 11.1. The Hall–Kier alpha value is -2.40. The van der Waals surface area contributed by atoms with Crippen LogP contribution in [0.3, 0.4) is 0 Å². The standard InChI is InChI=1S/C23H26BrN3O/c1-15(2)27-21-10-9-17(11-20(21)16(3)13-23(27,4)5)14-25-26-22(28)18-7-6-8-19(24)12-18/h6-15H,1-5H3,(H,26,28)/b25-14-. The van der Waals surface area contributed by atoms with E-state index in [4.69, 9.17) is 0 Å². The summed E-state index contributed by atoms with van der Waals surface area (Å²) in [5.41, 5.74) is 7.76. The Balaban J connectivity index is 1.81. The number of carbonyl (C=O) groups excluding carboxylic acids is 1. The smallest absolute Gasteiger partial charge is 0.271 e. The third-order valence-electron chi connectivity index (χ3n) is 4.88. The van der Waals surface area contributed by atoms with E-state index in [0.29, 0.717) is 11.6 Å². The van der Waals surface area contributed by atoms with Crippen molar-refractivity contribution in [1.82, 2.24) is 5.43 Å². The van der Waals surface area contributed by atoms with Gasteiger partial charge in [0.2, 0.25) is 0 Å². The number of hydrogen-bond donors (Lipinski definition) is 1. The van der Waals surface area contributed by atoms with Crippen LogP contribution in [-0.2, 0) is 0 Å². The molecule has 4 nitrogen and oxygen atoms in total. The van der Waals surface area contributed by atoms with Crippen LogP contribution >= 0.6 is 15.9 Å². The van der Waals surface area contributed by atoms with Gasteiger partial charge in [0, 0.05) is 27.3 Å². The molecule has 2 aromatic carbocycles. The molecule has 0 spiro atoms. The lowest BCUT2D eigenvalue weighted by Crippen LogP contribution is -2.49. The van der Waals surface area contributed by atoms with Crippen LogP contribution in [0.5, 0.6) is 0 Å². The van der Waals surface area contributed by atoms with Gasteiger partial charge in [-0.05, 0) is 76.1 Å². The first kappa shape index (κ1) is 20.3. The molecule has 0 saturated carbocycles. The molecule has 1 N–H and O–H groups in total. The molecule has 0 saturated heterocycles. The van der Waals surface area contributed by atoms with Gasteiger partial charge in [-0.3, -0.25) is 4.79 Å². The molecule has 146 valence electrons. The molecule has 0 aliphatic carbocycles. The van der Waals surface area contributed by atoms with Crippen LogP contribution in [0.2, 0.25) is 0 Å². The fourth-order valence-electron chi connectivity index (χ4n) is 3.95. The molecular formula is C23H26BrN3O. The highest BCUT2D eigenvalue weighted by Crippen LogP contribution is 2.40. The minimum Gasteiger partial charge on any atom is -0.360 e. The van der Waals surface area contributed by atoms with Crippen LogP contribution < -0.4 is 10.3 Å². The van der Waals surface area contributed by atoms with Gasteiger partial charge in [-0.2, -0.15) is 5.10 Å². The number of benzene rings is 2. The third kappa shape index (κ3) is 4.20. The molecule has 5 heteroatoms. The largest absolute Gasteiger partial charge is 0.360 e. The predicted octanol–water partition coefficient (Wildman–Crippen LogP) is 5.62. The van der Waals surface area contributed by atoms with Crippen molar-refractivity contribution in [2.45, 2.75) is 46.2 Å². The van der Waals surface area contributed by atoms with Crippen LogP contribution in [0.1, 0.15) is 56.1 Å². The van der Waals surface area contributed by atoms with Crippen LogP contribution in [-0.4, -0.2) is 23.7 Å². The van der Waals surface area contributed by atoms with Crippen LogP contribution in [0.15, 0.2) is 58.1 Å². The molecule has 1 amide bonds. The molecule has 1 aliphatic rings. The second-order valence-corrected chi connectivity index (χ2v) is 8.85. The molecule has 0 bridgehead atoms. The lowest BCUT2D eigenvalue weighted by atomic mass is 9.87. The number of anilines is 1. The number of allylic oxidation sites excluding steroid dienone is 1. The van der Waals surface area contributed by atoms with E-state index in [1.165, 1.54) is 16.8 Å². The maximum atomic E-state index is 12.2. The minimum absolute atomic E-state index is 0.0290. The molecule has 0 radical (unpaired) electrons. The highest BCUT2D eigenvalue weighted by atomic mass is 79.9. The Bertz CT molecular complexity index is 960. The van der Waals surface area contributed by atoms with E-state index in [1.54, 1.807) is 18.3 Å². The van der Waals surface area contributed by atoms with Gasteiger partial charge in [-0.15, -0.1) is 0 Å². The van der Waals surface area contributed by atoms with E-state index in [0.717, 1.165) is 10.0 Å². The average Bonchev–Trinajstić information content (AvgIpc) is 2.61. The van der Waals surface area contributed by atoms with Gasteiger partial charge >= 0.3 is 0 Å². The van der Waals surface area contributed by atoms with E-state index in [1.807, 2.05) is 18.2 Å². The number of fused-ring (bicyclic) bond motifs is 1. The SMILES string of the molecule is CC1=CC(C)(C)N(C(C)C)c2ccc(/C=N\NC(=O)c3cccc(Br)c3)cc21. The van der Waals surface area contributed by atoms with Crippen molar-refractivity contribution >= 4 is 39.3 Å². The fourth-order valence-corrected chi connectivity index (χ4v) is 4.35. The van der Waals surface area contributed by atoms with Crippen LogP contribution in [0.4, 0.5) is 5.69 Å². The predicted molar refractivity (Wildman–Crippen MR) is 121 cm³/mol. The lowest BCUT2D eigenvalue weighted by molar-refractivity contribution is 0.0955. The maximum absolute atomic E-state index is 12.2. The molecule has 0 atom stereocenters. The molecule has 0 aromatic heterocycles. The van der Waals surface area contributed by atoms with Gasteiger partial charge in [-0.25, -0.2) is 5.43 Å². The van der Waals surface area contributed by atoms with Crippen LogP contribution in [0.25, 0.3) is 5.57 Å². The van der Waals surface area contributed by atoms with E-state index in [2.05, 4.69) is 84.2 Å². The number of halogens is 1. The maximum Gasteiger partial charge on any atom is 0.271 e. The van der Waals surface area contributed by atoms with Crippen LogP contribution in [0, 0.1) is 0 Å². The number of nitrogens with zero attached hydrogens (tertiary/aromatic N) is 2. The summed E-state index contributed by atoms with van der Waals surface area (Å²) < 4.78 is 0.860. The summed E-state index contributed by atoms with van der Waals surface area (Å²) in [6.07, 6.45) is 3.99. The van der Waals surface area contributed by atoms with E-state index in [-0.39, 0.29) is 11.4 Å². The van der Waals surface area contributed by atoms with Crippen molar-refractivity contribution in [2.24, 2.45) is 5.10 Å². The van der Waals surface area contributed by atoms with Gasteiger partial charge in [0.15, 0.2) is 0 Å². The van der Waals surface area contributed by atoms with E-state index < -0.39 is 0 Å². The number of rotatable bonds is 4. The Morgan fingerprint density at radius 3 is 2.64 bits per heavy atom. The summed E-state index contributed by atoms with van der Waals surface area (Å²) >= 11 is 3.37. The van der Waals surface area contributed by atoms with E-state index in [9.17, 15) is 4.79 Å². The Kier molecular flexibility index (Phi) is 5.75. The molecule has 1 aliphatic heterocycles. The summed E-state index contributed by atoms with van der Waals surface area (Å²) in [7, 11) is 0. The van der Waals surface area contributed by atoms with Gasteiger partial charge in [-0.1, -0.05) is 34.1 Å². The second kappa shape index (κ2) is 7.92. The van der Waals surface area contributed by atoms with Gasteiger partial charge < -0.3 is 4.90 Å². The Morgan fingerprint density at radius 1 is 1.21 bits per heavy atom. The number of amides is 1. The molecule has 2 aromatic rings. The van der Waals surface area contributed by atoms with Crippen molar-refractivity contribution < 1.29 is 4.79 Å². The highest BCUT2D eigenvalue weighted by Gasteiger charge is 2.32. The van der Waals surface area contributed by atoms with Crippen molar-refractivity contribution in [3.63, 3.8) is 0 Å². The number of hydrogen-bond acceptors (Lipinski definition) is 3. The third-order valence-corrected chi connectivity index (χ3v) is 5.37. The first-order valence-corrected chi connectivity index (χ1v) is 10.2. The molecule has 1 heterocycles. The minimum atomic E-state index is -0.237. The zero-order chi connectivity index (χ0) is 20.5. The zero-order valence-corrected chi connectivity index (χ0v) is 18.5. The molecular weight excluding hydrogens is 414 g/mol. The van der Waals surface area contributed by atoms with Gasteiger partial charge in [0.05, 0.1) is 11.8 Å². The van der Waals surface area contributed by atoms with Crippen molar-refractivity contribution in [3.05, 3.63) is 69.7 Å². The first-order chi connectivity index (χ1) is 13.2. The zero-order valence-electron chi connectivity index (χ0n) is 17.0. The fraction of sp³-hybridized carbons (Fsp3) is 0.304. The average molecular weight is 440 g/mol.